The number of benzene rings is 1. The summed E-state index contributed by atoms with van der Waals surface area (Å²) in [5.41, 5.74) is 2.77. The van der Waals surface area contributed by atoms with Crippen molar-refractivity contribution < 1.29 is 18.9 Å². The molecule has 6 rings (SSSR count). The smallest absolute Gasteiger partial charge is 0.257 e. The summed E-state index contributed by atoms with van der Waals surface area (Å²) in [5.74, 6) is 1.41. The van der Waals surface area contributed by atoms with Gasteiger partial charge >= 0.3 is 0 Å². The first-order chi connectivity index (χ1) is 23.1. The van der Waals surface area contributed by atoms with Crippen LogP contribution in [0.4, 0.5) is 11.6 Å². The minimum absolute atomic E-state index is 0.229. The molecule has 0 amide bonds. The second-order valence-corrected chi connectivity index (χ2v) is 11.8. The van der Waals surface area contributed by atoms with Gasteiger partial charge in [-0.05, 0) is 57.2 Å². The van der Waals surface area contributed by atoms with Crippen LogP contribution in [0.2, 0.25) is 0 Å². The van der Waals surface area contributed by atoms with Crippen molar-refractivity contribution in [3.63, 3.8) is 0 Å². The molecule has 248 valence electrons. The van der Waals surface area contributed by atoms with Crippen LogP contribution in [-0.2, 0) is 16.0 Å². The summed E-state index contributed by atoms with van der Waals surface area (Å²) in [5, 5.41) is 21.9. The van der Waals surface area contributed by atoms with Crippen LogP contribution in [0, 0.1) is 11.3 Å². The van der Waals surface area contributed by atoms with Crippen LogP contribution in [-0.4, -0.2) is 97.7 Å². The normalized spacial score (nSPS) is 19.2. The van der Waals surface area contributed by atoms with Gasteiger partial charge in [0.05, 0.1) is 44.2 Å². The van der Waals surface area contributed by atoms with Crippen LogP contribution in [0.15, 0.2) is 49.4 Å². The molecule has 1 saturated carbocycles. The number of morpholine rings is 1. The summed E-state index contributed by atoms with van der Waals surface area (Å²) in [4.78, 5) is 15.7. The third-order valence-corrected chi connectivity index (χ3v) is 8.54. The molecule has 0 spiro atoms. The molecule has 2 aliphatic rings. The first kappa shape index (κ1) is 32.4. The van der Waals surface area contributed by atoms with Gasteiger partial charge in [0.25, 0.3) is 5.88 Å². The van der Waals surface area contributed by atoms with Gasteiger partial charge in [0.1, 0.15) is 42.9 Å². The van der Waals surface area contributed by atoms with Gasteiger partial charge in [-0.15, -0.1) is 5.10 Å². The van der Waals surface area contributed by atoms with Crippen LogP contribution >= 0.6 is 0 Å². The van der Waals surface area contributed by atoms with Crippen molar-refractivity contribution in [3.05, 3.63) is 55.0 Å². The summed E-state index contributed by atoms with van der Waals surface area (Å²) in [6.07, 6.45) is 12.8. The van der Waals surface area contributed by atoms with Crippen LogP contribution < -0.4 is 14.8 Å². The Bertz CT molecular complexity index is 1590. The first-order valence-electron chi connectivity index (χ1n) is 16.3. The number of nitrogens with one attached hydrogen (secondary N) is 1. The van der Waals surface area contributed by atoms with Gasteiger partial charge in [0.2, 0.25) is 5.95 Å². The van der Waals surface area contributed by atoms with Crippen molar-refractivity contribution in [2.24, 2.45) is 0 Å². The zero-order chi connectivity index (χ0) is 32.4. The molecule has 0 radical (unpaired) electrons. The van der Waals surface area contributed by atoms with Gasteiger partial charge in [-0.25, -0.2) is 19.6 Å². The molecule has 0 bridgehead atoms. The molecule has 1 aliphatic heterocycles. The fraction of sp³-hybridized carbons (Fsp3) is 0.515. The zero-order valence-electron chi connectivity index (χ0n) is 27.0. The molecule has 1 N–H and O–H groups in total. The summed E-state index contributed by atoms with van der Waals surface area (Å²) >= 11 is 0. The van der Waals surface area contributed by atoms with Gasteiger partial charge in [0.15, 0.2) is 0 Å². The molecule has 1 atom stereocenters. The molecule has 1 saturated heterocycles. The molecule has 4 aromatic rings. The average molecular weight is 643 g/mol. The number of anilines is 2. The standard InChI is InChI=1S/C33H42N10O4/c1-3-44-14-15-46-32-30(21-43(40-32)29-8-6-28(7-9-29)41-10-12-45-13-11-41)39-33-36-18-27(19-37-33)25-4-5-26(17-34)31(16-25)47-24(2)20-42-23-35-22-38-42/h4-5,16,18-19,21-24,28-29H,3,6-15,20H2,1-2H3,(H,36,37,39). The number of nitriles is 1. The molecule has 2 fully saturated rings. The second kappa shape index (κ2) is 15.8. The fourth-order valence-electron chi connectivity index (χ4n) is 6.12. The Morgan fingerprint density at radius 2 is 1.85 bits per heavy atom. The van der Waals surface area contributed by atoms with Crippen molar-refractivity contribution in [1.82, 2.24) is 39.4 Å². The van der Waals surface area contributed by atoms with Gasteiger partial charge in [-0.1, -0.05) is 6.07 Å². The molecule has 1 aliphatic carbocycles. The van der Waals surface area contributed by atoms with Crippen LogP contribution in [0.25, 0.3) is 11.1 Å². The lowest BCUT2D eigenvalue weighted by atomic mass is 9.90. The maximum absolute atomic E-state index is 9.66. The predicted octanol–water partition coefficient (Wildman–Crippen LogP) is 4.25. The van der Waals surface area contributed by atoms with E-state index in [-0.39, 0.29) is 6.10 Å². The van der Waals surface area contributed by atoms with Crippen LogP contribution in [0.3, 0.4) is 0 Å². The highest BCUT2D eigenvalue weighted by molar-refractivity contribution is 5.67. The topological polar surface area (TPSA) is 150 Å². The highest BCUT2D eigenvalue weighted by Gasteiger charge is 2.29. The maximum Gasteiger partial charge on any atom is 0.257 e. The van der Waals surface area contributed by atoms with Gasteiger partial charge in [-0.2, -0.15) is 10.4 Å². The van der Waals surface area contributed by atoms with Crippen LogP contribution in [0.1, 0.15) is 51.1 Å². The number of rotatable bonds is 14. The molecule has 1 unspecified atom stereocenters. The molecular formula is C33H42N10O4. The Kier molecular flexibility index (Phi) is 10.9. The molecular weight excluding hydrogens is 600 g/mol. The molecule has 14 nitrogen and oxygen atoms in total. The SMILES string of the molecule is CCOCCOc1nn(C2CCC(N3CCOCC3)CC2)cc1Nc1ncc(-c2ccc(C#N)c(OC(C)Cn3cncn3)c2)cn1. The second-order valence-electron chi connectivity index (χ2n) is 11.8. The van der Waals surface area contributed by atoms with E-state index in [1.54, 1.807) is 29.5 Å². The highest BCUT2D eigenvalue weighted by Crippen LogP contribution is 2.35. The van der Waals surface area contributed by atoms with Gasteiger partial charge in [-0.3, -0.25) is 9.58 Å². The van der Waals surface area contributed by atoms with E-state index < -0.39 is 0 Å². The Morgan fingerprint density at radius 3 is 2.57 bits per heavy atom. The third kappa shape index (κ3) is 8.42. The number of hydrogen-bond acceptors (Lipinski definition) is 12. The van der Waals surface area contributed by atoms with E-state index in [9.17, 15) is 5.26 Å². The molecule has 1 aromatic carbocycles. The van der Waals surface area contributed by atoms with E-state index in [2.05, 4.69) is 36.3 Å². The average Bonchev–Trinajstić information content (AvgIpc) is 3.77. The van der Waals surface area contributed by atoms with Gasteiger partial charge in [0, 0.05) is 43.7 Å². The van der Waals surface area contributed by atoms with Crippen LogP contribution in [0.5, 0.6) is 11.6 Å². The van der Waals surface area contributed by atoms with E-state index >= 15 is 0 Å². The lowest BCUT2D eigenvalue weighted by Gasteiger charge is -2.38. The quantitative estimate of drug-likeness (QED) is 0.196. The number of nitrogens with zero attached hydrogens (tertiary/aromatic N) is 9. The summed E-state index contributed by atoms with van der Waals surface area (Å²) in [6.45, 7) is 9.58. The lowest BCUT2D eigenvalue weighted by Crippen LogP contribution is -2.45. The van der Waals surface area contributed by atoms with E-state index in [1.807, 2.05) is 36.9 Å². The van der Waals surface area contributed by atoms with Crippen molar-refractivity contribution in [1.29, 1.82) is 5.26 Å². The van der Waals surface area contributed by atoms with Crippen molar-refractivity contribution in [2.45, 2.75) is 64.3 Å². The van der Waals surface area contributed by atoms with E-state index in [0.29, 0.717) is 67.3 Å². The molecule has 4 heterocycles. The largest absolute Gasteiger partial charge is 0.487 e. The Balaban J connectivity index is 1.13. The Labute approximate surface area is 274 Å². The van der Waals surface area contributed by atoms with Crippen molar-refractivity contribution in [3.8, 4) is 28.8 Å². The predicted molar refractivity (Wildman–Crippen MR) is 173 cm³/mol. The first-order valence-corrected chi connectivity index (χ1v) is 16.3. The highest BCUT2D eigenvalue weighted by atomic mass is 16.5. The number of aromatic nitrogens is 7. The molecule has 14 heteroatoms. The number of ether oxygens (including phenoxy) is 4. The van der Waals surface area contributed by atoms with Gasteiger partial charge < -0.3 is 24.3 Å². The summed E-state index contributed by atoms with van der Waals surface area (Å²) in [6, 6.07) is 8.56. The van der Waals surface area contributed by atoms with Crippen molar-refractivity contribution in [2.75, 3.05) is 51.4 Å². The van der Waals surface area contributed by atoms with E-state index in [4.69, 9.17) is 24.0 Å². The summed E-state index contributed by atoms with van der Waals surface area (Å²) in [7, 11) is 0. The Hall–Kier alpha value is -4.58. The Morgan fingerprint density at radius 1 is 1.06 bits per heavy atom. The molecule has 3 aromatic heterocycles. The third-order valence-electron chi connectivity index (χ3n) is 8.54. The maximum atomic E-state index is 9.66. The van der Waals surface area contributed by atoms with Crippen molar-refractivity contribution >= 4 is 11.6 Å². The minimum atomic E-state index is -0.229. The van der Waals surface area contributed by atoms with E-state index in [1.165, 1.54) is 6.33 Å². The summed E-state index contributed by atoms with van der Waals surface area (Å²) < 4.78 is 26.9. The number of hydrogen-bond donors (Lipinski definition) is 1. The minimum Gasteiger partial charge on any atom is -0.487 e. The van der Waals surface area contributed by atoms with E-state index in [0.717, 1.165) is 63.1 Å². The molecule has 47 heavy (non-hydrogen) atoms. The fourth-order valence-corrected chi connectivity index (χ4v) is 6.12. The zero-order valence-corrected chi connectivity index (χ0v) is 27.0. The lowest BCUT2D eigenvalue weighted by molar-refractivity contribution is 0.00502. The monoisotopic (exact) mass is 642 g/mol.